The Balaban J connectivity index is 1.90. The van der Waals surface area contributed by atoms with E-state index in [1.54, 1.807) is 7.11 Å². The molecule has 0 bridgehead atoms. The number of aliphatic imine (C=N–C) groups is 1. The number of ether oxygens (including phenoxy) is 1. The van der Waals surface area contributed by atoms with Gasteiger partial charge in [0, 0.05) is 35.6 Å². The van der Waals surface area contributed by atoms with Crippen LogP contribution < -0.4 is 15.5 Å². The molecule has 2 heterocycles. The van der Waals surface area contributed by atoms with Crippen LogP contribution in [0.5, 0.6) is 5.75 Å². The molecule has 0 radical (unpaired) electrons. The van der Waals surface area contributed by atoms with Crippen molar-refractivity contribution >= 4 is 17.1 Å². The number of allylic oxidation sites excluding steroid dienone is 1. The van der Waals surface area contributed by atoms with E-state index >= 15 is 0 Å². The molecule has 2 aliphatic rings. The zero-order valence-electron chi connectivity index (χ0n) is 14.0. The molecule has 2 aromatic carbocycles. The van der Waals surface area contributed by atoms with Crippen LogP contribution in [0.4, 0.5) is 11.4 Å². The van der Waals surface area contributed by atoms with Gasteiger partial charge < -0.3 is 15.5 Å². The maximum Gasteiger partial charge on any atom is 0.126 e. The molecule has 5 heteroatoms. The van der Waals surface area contributed by atoms with Crippen molar-refractivity contribution in [3.05, 3.63) is 65.4 Å². The van der Waals surface area contributed by atoms with Gasteiger partial charge in [-0.05, 0) is 25.1 Å². The van der Waals surface area contributed by atoms with Gasteiger partial charge in [0.25, 0.3) is 0 Å². The molecule has 2 aliphatic heterocycles. The molecule has 0 aliphatic carbocycles. The molecular weight excluding hydrogens is 300 g/mol. The fourth-order valence-corrected chi connectivity index (χ4v) is 3.30. The Kier molecular flexibility index (Phi) is 3.50. The van der Waals surface area contributed by atoms with Crippen LogP contribution in [0, 0.1) is 0 Å². The Bertz CT molecular complexity index is 856. The Labute approximate surface area is 141 Å². The van der Waals surface area contributed by atoms with Gasteiger partial charge in [-0.1, -0.05) is 24.3 Å². The zero-order chi connectivity index (χ0) is 16.7. The zero-order valence-corrected chi connectivity index (χ0v) is 14.0. The van der Waals surface area contributed by atoms with Gasteiger partial charge in [0.05, 0.1) is 18.5 Å². The number of fused-ring (bicyclic) bond motifs is 2. The predicted octanol–water partition coefficient (Wildman–Crippen LogP) is 3.29. The lowest BCUT2D eigenvalue weighted by molar-refractivity contribution is 0.263. The molecule has 0 saturated carbocycles. The molecule has 1 unspecified atom stereocenters. The maximum absolute atomic E-state index is 5.32. The number of likely N-dealkylation sites (N-methyl/N-ethyl adjacent to an activating group) is 1. The molecule has 0 spiro atoms. The summed E-state index contributed by atoms with van der Waals surface area (Å²) in [6.45, 7) is 2.09. The second-order valence-electron chi connectivity index (χ2n) is 6.02. The van der Waals surface area contributed by atoms with E-state index in [1.807, 2.05) is 43.4 Å². The highest BCUT2D eigenvalue weighted by Crippen LogP contribution is 2.35. The molecule has 0 amide bonds. The van der Waals surface area contributed by atoms with E-state index < -0.39 is 0 Å². The van der Waals surface area contributed by atoms with Gasteiger partial charge in [0.15, 0.2) is 0 Å². The molecule has 1 atom stereocenters. The normalized spacial score (nSPS) is 21.1. The van der Waals surface area contributed by atoms with Gasteiger partial charge in [0.1, 0.15) is 11.9 Å². The first-order valence-corrected chi connectivity index (χ1v) is 7.96. The average molecular weight is 320 g/mol. The molecule has 122 valence electrons. The molecule has 24 heavy (non-hydrogen) atoms. The monoisotopic (exact) mass is 320 g/mol. The molecule has 5 nitrogen and oxygen atoms in total. The van der Waals surface area contributed by atoms with Gasteiger partial charge in [-0.3, -0.25) is 0 Å². The minimum absolute atomic E-state index is 0.0734. The molecule has 2 aromatic rings. The van der Waals surface area contributed by atoms with Crippen molar-refractivity contribution in [1.29, 1.82) is 0 Å². The van der Waals surface area contributed by atoms with Crippen LogP contribution in [0.1, 0.15) is 12.5 Å². The topological polar surface area (TPSA) is 48.9 Å². The van der Waals surface area contributed by atoms with Crippen LogP contribution in [0.25, 0.3) is 0 Å². The quantitative estimate of drug-likeness (QED) is 0.891. The SMILES string of the molecule is COc1cccc(N=C2C3=C(C)NN(C)C3Nc3ccccc32)c1. The summed E-state index contributed by atoms with van der Waals surface area (Å²) in [6, 6.07) is 16.1. The second-order valence-corrected chi connectivity index (χ2v) is 6.02. The van der Waals surface area contributed by atoms with Gasteiger partial charge in [0.2, 0.25) is 0 Å². The van der Waals surface area contributed by atoms with Crippen molar-refractivity contribution in [2.24, 2.45) is 4.99 Å². The number of nitrogens with one attached hydrogen (secondary N) is 2. The number of hydrogen-bond donors (Lipinski definition) is 2. The number of benzene rings is 2. The van der Waals surface area contributed by atoms with Crippen molar-refractivity contribution in [3.8, 4) is 5.75 Å². The Morgan fingerprint density at radius 2 is 1.96 bits per heavy atom. The van der Waals surface area contributed by atoms with Crippen molar-refractivity contribution < 1.29 is 4.74 Å². The molecule has 4 rings (SSSR count). The molecule has 0 saturated heterocycles. The van der Waals surface area contributed by atoms with Crippen LogP contribution in [0.3, 0.4) is 0 Å². The highest BCUT2D eigenvalue weighted by molar-refractivity contribution is 6.19. The Morgan fingerprint density at radius 3 is 2.79 bits per heavy atom. The van der Waals surface area contributed by atoms with Crippen LogP contribution >= 0.6 is 0 Å². The first kappa shape index (κ1) is 14.8. The summed E-state index contributed by atoms with van der Waals surface area (Å²) in [6.07, 6.45) is 0.0734. The van der Waals surface area contributed by atoms with E-state index in [0.29, 0.717) is 0 Å². The van der Waals surface area contributed by atoms with Crippen molar-refractivity contribution in [3.63, 3.8) is 0 Å². The maximum atomic E-state index is 5.32. The van der Waals surface area contributed by atoms with E-state index in [-0.39, 0.29) is 6.17 Å². The number of anilines is 1. The first-order valence-electron chi connectivity index (χ1n) is 7.96. The number of hydrazine groups is 1. The number of hydrogen-bond acceptors (Lipinski definition) is 5. The molecular formula is C19H20N4O. The summed E-state index contributed by atoms with van der Waals surface area (Å²) < 4.78 is 5.32. The second kappa shape index (κ2) is 5.69. The fraction of sp³-hybridized carbons (Fsp3) is 0.211. The minimum Gasteiger partial charge on any atom is -0.497 e. The third-order valence-corrected chi connectivity index (χ3v) is 4.43. The van der Waals surface area contributed by atoms with Crippen LogP contribution in [-0.4, -0.2) is 31.0 Å². The number of para-hydroxylation sites is 1. The van der Waals surface area contributed by atoms with E-state index in [1.165, 1.54) is 5.57 Å². The highest BCUT2D eigenvalue weighted by Gasteiger charge is 2.36. The first-order chi connectivity index (χ1) is 11.7. The number of rotatable bonds is 2. The molecule has 2 N–H and O–H groups in total. The van der Waals surface area contributed by atoms with Crippen LogP contribution in [0.2, 0.25) is 0 Å². The molecule has 0 fully saturated rings. The number of methoxy groups -OCH3 is 1. The lowest BCUT2D eigenvalue weighted by atomic mass is 9.93. The van der Waals surface area contributed by atoms with Crippen LogP contribution in [0.15, 0.2) is 64.8 Å². The van der Waals surface area contributed by atoms with E-state index in [4.69, 9.17) is 9.73 Å². The Morgan fingerprint density at radius 1 is 1.12 bits per heavy atom. The summed E-state index contributed by atoms with van der Waals surface area (Å²) in [5.74, 6) is 0.808. The van der Waals surface area contributed by atoms with Crippen molar-refractivity contribution in [1.82, 2.24) is 10.4 Å². The summed E-state index contributed by atoms with van der Waals surface area (Å²) in [5.41, 5.74) is 9.76. The molecule has 0 aromatic heterocycles. The van der Waals surface area contributed by atoms with Gasteiger partial charge in [-0.15, -0.1) is 0 Å². The Hall–Kier alpha value is -2.79. The summed E-state index contributed by atoms with van der Waals surface area (Å²) in [5, 5.41) is 5.65. The predicted molar refractivity (Wildman–Crippen MR) is 96.6 cm³/mol. The third-order valence-electron chi connectivity index (χ3n) is 4.43. The van der Waals surface area contributed by atoms with Crippen LogP contribution in [-0.2, 0) is 0 Å². The van der Waals surface area contributed by atoms with E-state index in [2.05, 4.69) is 34.8 Å². The summed E-state index contributed by atoms with van der Waals surface area (Å²) in [7, 11) is 3.70. The third kappa shape index (κ3) is 2.34. The largest absolute Gasteiger partial charge is 0.497 e. The minimum atomic E-state index is 0.0734. The summed E-state index contributed by atoms with van der Waals surface area (Å²) in [4.78, 5) is 4.97. The van der Waals surface area contributed by atoms with E-state index in [9.17, 15) is 0 Å². The standard InChI is InChI=1S/C19H20N4O/c1-12-17-18(20-13-7-6-8-14(11-13)24-3)15-9-4-5-10-16(15)21-19(17)23(2)22-12/h4-11,19,21-22H,1-3H3. The number of nitrogens with zero attached hydrogens (tertiary/aromatic N) is 2. The van der Waals surface area contributed by atoms with Gasteiger partial charge >= 0.3 is 0 Å². The van der Waals surface area contributed by atoms with Gasteiger partial charge in [-0.2, -0.15) is 0 Å². The summed E-state index contributed by atoms with van der Waals surface area (Å²) >= 11 is 0. The van der Waals surface area contributed by atoms with E-state index in [0.717, 1.165) is 34.1 Å². The average Bonchev–Trinajstić information content (AvgIpc) is 2.89. The smallest absolute Gasteiger partial charge is 0.126 e. The highest BCUT2D eigenvalue weighted by atomic mass is 16.5. The lowest BCUT2D eigenvalue weighted by Crippen LogP contribution is -2.43. The van der Waals surface area contributed by atoms with Crippen molar-refractivity contribution in [2.45, 2.75) is 13.1 Å². The van der Waals surface area contributed by atoms with Crippen molar-refractivity contribution in [2.75, 3.05) is 19.5 Å². The van der Waals surface area contributed by atoms with Gasteiger partial charge in [-0.25, -0.2) is 10.0 Å². The fourth-order valence-electron chi connectivity index (χ4n) is 3.30. The lowest BCUT2D eigenvalue weighted by Gasteiger charge is -2.31.